The molecule has 2 aromatic rings. The van der Waals surface area contributed by atoms with Crippen molar-refractivity contribution in [1.82, 2.24) is 10.2 Å². The molecule has 0 aliphatic carbocycles. The normalized spacial score (nSPS) is 16.4. The molecule has 1 aromatic heterocycles. The molecule has 0 saturated carbocycles. The monoisotopic (exact) mass is 340 g/mol. The standard InChI is InChI=1S/C20H24N2O3/c1-15(21-19(23)18-9-12-25-14-18)20(24)22-10-7-17(8-11-22)13-16-5-3-2-4-6-16/h2-6,9,12,14-15,17H,7-8,10-11,13H2,1H3,(H,21,23). The number of hydrogen-bond donors (Lipinski definition) is 1. The van der Waals surface area contributed by atoms with Gasteiger partial charge in [0.1, 0.15) is 12.3 Å². The van der Waals surface area contributed by atoms with Crippen LogP contribution in [0, 0.1) is 5.92 Å². The first kappa shape index (κ1) is 17.3. The number of nitrogens with one attached hydrogen (secondary N) is 1. The lowest BCUT2D eigenvalue weighted by Gasteiger charge is -2.33. The summed E-state index contributed by atoms with van der Waals surface area (Å²) in [6, 6.07) is 11.5. The maximum Gasteiger partial charge on any atom is 0.255 e. The number of carbonyl (C=O) groups is 2. The SMILES string of the molecule is CC(NC(=O)c1ccoc1)C(=O)N1CCC(Cc2ccccc2)CC1. The van der Waals surface area contributed by atoms with E-state index in [1.54, 1.807) is 13.0 Å². The molecule has 0 bridgehead atoms. The lowest BCUT2D eigenvalue weighted by molar-refractivity contribution is -0.134. The number of piperidine rings is 1. The Hall–Kier alpha value is -2.56. The Morgan fingerprint density at radius 2 is 1.92 bits per heavy atom. The maximum absolute atomic E-state index is 12.6. The predicted octanol–water partition coefficient (Wildman–Crippen LogP) is 2.88. The smallest absolute Gasteiger partial charge is 0.255 e. The van der Waals surface area contributed by atoms with Crippen LogP contribution >= 0.6 is 0 Å². The summed E-state index contributed by atoms with van der Waals surface area (Å²) >= 11 is 0. The molecule has 1 unspecified atom stereocenters. The number of nitrogens with zero attached hydrogens (tertiary/aromatic N) is 1. The third kappa shape index (κ3) is 4.50. The second-order valence-corrected chi connectivity index (χ2v) is 6.67. The third-order valence-electron chi connectivity index (χ3n) is 4.79. The Morgan fingerprint density at radius 1 is 1.20 bits per heavy atom. The van der Waals surface area contributed by atoms with Gasteiger partial charge in [-0.05, 0) is 43.7 Å². The van der Waals surface area contributed by atoms with E-state index < -0.39 is 6.04 Å². The van der Waals surface area contributed by atoms with Crippen LogP contribution in [0.4, 0.5) is 0 Å². The highest BCUT2D eigenvalue weighted by Crippen LogP contribution is 2.22. The molecule has 1 aliphatic heterocycles. The van der Waals surface area contributed by atoms with Gasteiger partial charge < -0.3 is 14.6 Å². The molecule has 1 saturated heterocycles. The molecule has 132 valence electrons. The first-order chi connectivity index (χ1) is 12.1. The third-order valence-corrected chi connectivity index (χ3v) is 4.79. The minimum Gasteiger partial charge on any atom is -0.472 e. The molecule has 1 atom stereocenters. The Labute approximate surface area is 148 Å². The lowest BCUT2D eigenvalue weighted by Crippen LogP contribution is -2.49. The van der Waals surface area contributed by atoms with Crippen molar-refractivity contribution in [3.8, 4) is 0 Å². The van der Waals surface area contributed by atoms with Gasteiger partial charge in [0.05, 0.1) is 11.8 Å². The van der Waals surface area contributed by atoms with E-state index in [4.69, 9.17) is 4.42 Å². The Morgan fingerprint density at radius 3 is 2.56 bits per heavy atom. The van der Waals surface area contributed by atoms with E-state index in [-0.39, 0.29) is 11.8 Å². The van der Waals surface area contributed by atoms with Crippen molar-refractivity contribution in [2.24, 2.45) is 5.92 Å². The summed E-state index contributed by atoms with van der Waals surface area (Å²) in [4.78, 5) is 26.4. The first-order valence-electron chi connectivity index (χ1n) is 8.79. The number of hydrogen-bond acceptors (Lipinski definition) is 3. The van der Waals surface area contributed by atoms with Crippen LogP contribution in [0.15, 0.2) is 53.3 Å². The van der Waals surface area contributed by atoms with Gasteiger partial charge in [-0.2, -0.15) is 0 Å². The van der Waals surface area contributed by atoms with Crippen LogP contribution in [0.2, 0.25) is 0 Å². The Kier molecular flexibility index (Phi) is 5.53. The first-order valence-corrected chi connectivity index (χ1v) is 8.79. The molecule has 1 N–H and O–H groups in total. The van der Waals surface area contributed by atoms with E-state index in [1.807, 2.05) is 11.0 Å². The van der Waals surface area contributed by atoms with E-state index in [1.165, 1.54) is 18.1 Å². The van der Waals surface area contributed by atoms with Gasteiger partial charge in [0.15, 0.2) is 0 Å². The van der Waals surface area contributed by atoms with E-state index in [0.717, 1.165) is 32.4 Å². The molecule has 2 heterocycles. The summed E-state index contributed by atoms with van der Waals surface area (Å²) in [5.41, 5.74) is 1.79. The molecule has 25 heavy (non-hydrogen) atoms. The zero-order valence-corrected chi connectivity index (χ0v) is 14.5. The van der Waals surface area contributed by atoms with Gasteiger partial charge in [-0.1, -0.05) is 30.3 Å². The highest BCUT2D eigenvalue weighted by atomic mass is 16.3. The summed E-state index contributed by atoms with van der Waals surface area (Å²) in [7, 11) is 0. The van der Waals surface area contributed by atoms with Crippen molar-refractivity contribution in [2.45, 2.75) is 32.2 Å². The average Bonchev–Trinajstić information content (AvgIpc) is 3.17. The number of benzene rings is 1. The van der Waals surface area contributed by atoms with Crippen molar-refractivity contribution in [3.05, 3.63) is 60.1 Å². The fourth-order valence-corrected chi connectivity index (χ4v) is 3.31. The van der Waals surface area contributed by atoms with Crippen molar-refractivity contribution < 1.29 is 14.0 Å². The summed E-state index contributed by atoms with van der Waals surface area (Å²) in [6.45, 7) is 3.24. The van der Waals surface area contributed by atoms with E-state index >= 15 is 0 Å². The predicted molar refractivity (Wildman–Crippen MR) is 95.1 cm³/mol. The topological polar surface area (TPSA) is 62.6 Å². The zero-order valence-electron chi connectivity index (χ0n) is 14.5. The summed E-state index contributed by atoms with van der Waals surface area (Å²) in [6.07, 6.45) is 5.89. The van der Waals surface area contributed by atoms with E-state index in [0.29, 0.717) is 11.5 Å². The molecular formula is C20H24N2O3. The van der Waals surface area contributed by atoms with Gasteiger partial charge in [0.25, 0.3) is 5.91 Å². The summed E-state index contributed by atoms with van der Waals surface area (Å²) in [5, 5.41) is 2.74. The molecule has 1 aromatic carbocycles. The van der Waals surface area contributed by atoms with Crippen LogP contribution in [0.25, 0.3) is 0 Å². The molecule has 1 fully saturated rings. The van der Waals surface area contributed by atoms with Crippen molar-refractivity contribution >= 4 is 11.8 Å². The van der Waals surface area contributed by atoms with E-state index in [2.05, 4.69) is 29.6 Å². The second kappa shape index (κ2) is 8.01. The second-order valence-electron chi connectivity index (χ2n) is 6.67. The van der Waals surface area contributed by atoms with Crippen LogP contribution in [-0.4, -0.2) is 35.8 Å². The summed E-state index contributed by atoms with van der Waals surface area (Å²) < 4.78 is 4.90. The zero-order chi connectivity index (χ0) is 17.6. The fourth-order valence-electron chi connectivity index (χ4n) is 3.31. The molecule has 0 radical (unpaired) electrons. The minimum atomic E-state index is -0.534. The van der Waals surface area contributed by atoms with Crippen LogP contribution in [0.3, 0.4) is 0 Å². The number of carbonyl (C=O) groups excluding carboxylic acids is 2. The van der Waals surface area contributed by atoms with Crippen LogP contribution in [0.5, 0.6) is 0 Å². The van der Waals surface area contributed by atoms with Crippen molar-refractivity contribution in [1.29, 1.82) is 0 Å². The largest absolute Gasteiger partial charge is 0.472 e. The maximum atomic E-state index is 12.6. The van der Waals surface area contributed by atoms with E-state index in [9.17, 15) is 9.59 Å². The molecule has 5 heteroatoms. The highest BCUT2D eigenvalue weighted by molar-refractivity contribution is 5.97. The molecule has 1 aliphatic rings. The van der Waals surface area contributed by atoms with Crippen molar-refractivity contribution in [2.75, 3.05) is 13.1 Å². The number of furan rings is 1. The summed E-state index contributed by atoms with van der Waals surface area (Å²) in [5.74, 6) is 0.311. The molecule has 0 spiro atoms. The van der Waals surface area contributed by atoms with Crippen LogP contribution in [-0.2, 0) is 11.2 Å². The average molecular weight is 340 g/mol. The number of rotatable bonds is 5. The van der Waals surface area contributed by atoms with Gasteiger partial charge in [0, 0.05) is 13.1 Å². The molecule has 2 amide bonds. The quantitative estimate of drug-likeness (QED) is 0.910. The molecular weight excluding hydrogens is 316 g/mol. The Bertz CT molecular complexity index is 689. The lowest BCUT2D eigenvalue weighted by atomic mass is 9.90. The molecule has 5 nitrogen and oxygen atoms in total. The number of amides is 2. The van der Waals surface area contributed by atoms with Crippen molar-refractivity contribution in [3.63, 3.8) is 0 Å². The van der Waals surface area contributed by atoms with Gasteiger partial charge in [-0.25, -0.2) is 0 Å². The van der Waals surface area contributed by atoms with Gasteiger partial charge in [-0.3, -0.25) is 9.59 Å². The van der Waals surface area contributed by atoms with Crippen LogP contribution < -0.4 is 5.32 Å². The van der Waals surface area contributed by atoms with Crippen LogP contribution in [0.1, 0.15) is 35.7 Å². The number of likely N-dealkylation sites (tertiary alicyclic amines) is 1. The van der Waals surface area contributed by atoms with Gasteiger partial charge >= 0.3 is 0 Å². The fraction of sp³-hybridized carbons (Fsp3) is 0.400. The minimum absolute atomic E-state index is 0.0185. The van der Waals surface area contributed by atoms with Gasteiger partial charge in [-0.15, -0.1) is 0 Å². The molecule has 3 rings (SSSR count). The highest BCUT2D eigenvalue weighted by Gasteiger charge is 2.27. The Balaban J connectivity index is 1.47. The van der Waals surface area contributed by atoms with Gasteiger partial charge in [0.2, 0.25) is 5.91 Å².